The SMILES string of the molecule is CCO[C@]1(CN2CCN3CCOC[C@@H]3C2)CCC[C@H](C)[C@@H](C)S(=O)(=O)NC(=O)c2ccc3c(c2)N(CCCCc2cc(Cl)ccc2CO3)C[C@@H]2CC[C@H]21. The number of anilines is 1. The molecule has 0 unspecified atom stereocenters. The fourth-order valence-corrected chi connectivity index (χ4v) is 11.1. The van der Waals surface area contributed by atoms with Crippen LogP contribution in [0.5, 0.6) is 5.75 Å². The Hall–Kier alpha value is -2.41. The number of ether oxygens (including phenoxy) is 3. The molecule has 0 spiro atoms. The number of benzene rings is 2. The number of nitrogens with one attached hydrogen (secondary N) is 1. The molecule has 0 radical (unpaired) electrons. The van der Waals surface area contributed by atoms with Crippen molar-refractivity contribution in [2.45, 2.75) is 95.6 Å². The van der Waals surface area contributed by atoms with Crippen LogP contribution < -0.4 is 14.4 Å². The molecule has 5 aliphatic rings. The molecule has 53 heavy (non-hydrogen) atoms. The molecule has 7 rings (SSSR count). The number of rotatable bonds is 4. The lowest BCUT2D eigenvalue weighted by atomic mass is 9.62. The first-order valence-electron chi connectivity index (χ1n) is 20.1. The maximum atomic E-state index is 13.7. The molecule has 10 nitrogen and oxygen atoms in total. The van der Waals surface area contributed by atoms with Crippen LogP contribution in [0.15, 0.2) is 36.4 Å². The van der Waals surface area contributed by atoms with E-state index >= 15 is 0 Å². The Morgan fingerprint density at radius 3 is 2.66 bits per heavy atom. The van der Waals surface area contributed by atoms with Crippen molar-refractivity contribution >= 4 is 33.2 Å². The van der Waals surface area contributed by atoms with Crippen molar-refractivity contribution in [3.63, 3.8) is 0 Å². The normalized spacial score (nSPS) is 31.7. The van der Waals surface area contributed by atoms with Crippen LogP contribution in [-0.2, 0) is 32.5 Å². The van der Waals surface area contributed by atoms with Gasteiger partial charge in [-0.25, -0.2) is 13.1 Å². The van der Waals surface area contributed by atoms with Gasteiger partial charge < -0.3 is 19.1 Å². The standard InChI is InChI=1S/C41H59ClN4O6S/c1-4-52-41(28-44-18-19-45-20-21-50-27-36(45)25-44)16-7-8-29(2)30(3)53(48,49)43-40(47)32-12-15-39-38(23-32)46(24-33-11-14-37(33)41)17-6-5-9-31-22-35(42)13-10-34(31)26-51-39/h10,12-13,15,22-23,29-30,33,36-37H,4-9,11,14,16-21,24-28H2,1-3H3,(H,43,47)/t29-,30+,33-,36-,37+,41-/m0/s1. The zero-order valence-electron chi connectivity index (χ0n) is 31.9. The monoisotopic (exact) mass is 770 g/mol. The number of morpholine rings is 1. The molecule has 2 saturated heterocycles. The Bertz CT molecular complexity index is 1710. The third-order valence-corrected chi connectivity index (χ3v) is 15.2. The number of nitrogens with zero attached hydrogens (tertiary/aromatic N) is 3. The van der Waals surface area contributed by atoms with Crippen LogP contribution in [0, 0.1) is 17.8 Å². The van der Waals surface area contributed by atoms with Gasteiger partial charge in [-0.15, -0.1) is 0 Å². The smallest absolute Gasteiger partial charge is 0.264 e. The van der Waals surface area contributed by atoms with Crippen LogP contribution in [0.4, 0.5) is 5.69 Å². The van der Waals surface area contributed by atoms with E-state index in [1.807, 2.05) is 37.3 Å². The zero-order chi connectivity index (χ0) is 37.2. The summed E-state index contributed by atoms with van der Waals surface area (Å²) in [6.45, 7) is 15.0. The average molecular weight is 771 g/mol. The molecule has 0 aromatic heterocycles. The van der Waals surface area contributed by atoms with E-state index < -0.39 is 21.2 Å². The lowest BCUT2D eigenvalue weighted by molar-refractivity contribution is -0.154. The first kappa shape index (κ1) is 38.8. The zero-order valence-corrected chi connectivity index (χ0v) is 33.4. The lowest BCUT2D eigenvalue weighted by Crippen LogP contribution is -2.63. The van der Waals surface area contributed by atoms with E-state index in [-0.39, 0.29) is 11.5 Å². The molecule has 1 aliphatic carbocycles. The minimum absolute atomic E-state index is 0.137. The Kier molecular flexibility index (Phi) is 12.3. The van der Waals surface area contributed by atoms with Crippen LogP contribution in [0.3, 0.4) is 0 Å². The van der Waals surface area contributed by atoms with Crippen molar-refractivity contribution in [1.82, 2.24) is 14.5 Å². The summed E-state index contributed by atoms with van der Waals surface area (Å²) in [5.74, 6) is 0.704. The molecule has 2 aromatic rings. The molecule has 3 fully saturated rings. The second-order valence-electron chi connectivity index (χ2n) is 16.3. The van der Waals surface area contributed by atoms with Crippen LogP contribution in [-0.4, -0.2) is 107 Å². The molecule has 12 heteroatoms. The number of hydrogen-bond donors (Lipinski definition) is 1. The van der Waals surface area contributed by atoms with Gasteiger partial charge >= 0.3 is 0 Å². The highest BCUT2D eigenvalue weighted by molar-refractivity contribution is 7.90. The third-order valence-electron chi connectivity index (χ3n) is 13.0. The highest BCUT2D eigenvalue weighted by Gasteiger charge is 2.50. The fourth-order valence-electron chi connectivity index (χ4n) is 9.61. The Morgan fingerprint density at radius 2 is 1.85 bits per heavy atom. The predicted molar refractivity (Wildman–Crippen MR) is 209 cm³/mol. The molecule has 292 valence electrons. The summed E-state index contributed by atoms with van der Waals surface area (Å²) in [7, 11) is -3.93. The maximum Gasteiger partial charge on any atom is 0.264 e. The number of aryl methyl sites for hydroxylation is 1. The summed E-state index contributed by atoms with van der Waals surface area (Å²) in [4.78, 5) is 21.3. The Labute approximate surface area is 321 Å². The van der Waals surface area contributed by atoms with Gasteiger partial charge in [-0.2, -0.15) is 0 Å². The molecular formula is C41H59ClN4O6S. The van der Waals surface area contributed by atoms with Gasteiger partial charge in [-0.1, -0.05) is 31.0 Å². The lowest BCUT2D eigenvalue weighted by Gasteiger charge is -2.54. The van der Waals surface area contributed by atoms with Gasteiger partial charge in [-0.3, -0.25) is 14.6 Å². The average Bonchev–Trinajstić information content (AvgIpc) is 3.15. The molecule has 1 amide bonds. The highest BCUT2D eigenvalue weighted by atomic mass is 35.5. The van der Waals surface area contributed by atoms with Crippen molar-refractivity contribution in [1.29, 1.82) is 0 Å². The summed E-state index contributed by atoms with van der Waals surface area (Å²) in [6, 6.07) is 11.8. The minimum atomic E-state index is -3.93. The topological polar surface area (TPSA) is 101 Å². The summed E-state index contributed by atoms with van der Waals surface area (Å²) in [6.07, 6.45) is 7.54. The number of sulfonamides is 1. The number of piperazine rings is 1. The number of fused-ring (bicyclic) bond motifs is 4. The van der Waals surface area contributed by atoms with Crippen LogP contribution >= 0.6 is 11.6 Å². The van der Waals surface area contributed by atoms with Gasteiger partial charge in [0.15, 0.2) is 0 Å². The first-order valence-corrected chi connectivity index (χ1v) is 22.0. The Balaban J connectivity index is 1.25. The van der Waals surface area contributed by atoms with Gasteiger partial charge in [0.1, 0.15) is 12.4 Å². The molecular weight excluding hydrogens is 712 g/mol. The van der Waals surface area contributed by atoms with Crippen LogP contribution in [0.1, 0.15) is 87.2 Å². The van der Waals surface area contributed by atoms with Crippen molar-refractivity contribution in [2.75, 3.05) is 70.5 Å². The third kappa shape index (κ3) is 8.70. The largest absolute Gasteiger partial charge is 0.487 e. The number of halogens is 1. The quantitative estimate of drug-likeness (QED) is 0.393. The summed E-state index contributed by atoms with van der Waals surface area (Å²) < 4.78 is 49.3. The van der Waals surface area contributed by atoms with Crippen molar-refractivity contribution in [2.24, 2.45) is 17.8 Å². The van der Waals surface area contributed by atoms with Crippen molar-refractivity contribution < 1.29 is 27.4 Å². The van der Waals surface area contributed by atoms with Crippen LogP contribution in [0.2, 0.25) is 5.02 Å². The summed E-state index contributed by atoms with van der Waals surface area (Å²) in [5, 5.41) is -0.00730. The summed E-state index contributed by atoms with van der Waals surface area (Å²) >= 11 is 6.42. The number of carbonyl (C=O) groups is 1. The number of hydrogen-bond acceptors (Lipinski definition) is 9. The number of amides is 1. The second kappa shape index (κ2) is 16.8. The molecule has 4 heterocycles. The van der Waals surface area contributed by atoms with Crippen molar-refractivity contribution in [3.8, 4) is 5.75 Å². The Morgan fingerprint density at radius 1 is 0.981 bits per heavy atom. The maximum absolute atomic E-state index is 13.7. The fraction of sp³-hybridized carbons (Fsp3) is 0.683. The van der Waals surface area contributed by atoms with E-state index in [1.54, 1.807) is 13.0 Å². The molecule has 6 atom stereocenters. The van der Waals surface area contributed by atoms with E-state index in [9.17, 15) is 13.2 Å². The van der Waals surface area contributed by atoms with E-state index in [2.05, 4.69) is 26.3 Å². The van der Waals surface area contributed by atoms with Gasteiger partial charge in [0, 0.05) is 69.0 Å². The van der Waals surface area contributed by atoms with E-state index in [0.29, 0.717) is 42.4 Å². The first-order chi connectivity index (χ1) is 25.5. The minimum Gasteiger partial charge on any atom is -0.487 e. The summed E-state index contributed by atoms with van der Waals surface area (Å²) in [5.41, 5.74) is 3.10. The van der Waals surface area contributed by atoms with Gasteiger partial charge in [0.05, 0.1) is 29.8 Å². The number of carbonyl (C=O) groups excluding carboxylic acids is 1. The van der Waals surface area contributed by atoms with E-state index in [4.69, 9.17) is 25.8 Å². The molecule has 4 aliphatic heterocycles. The van der Waals surface area contributed by atoms with Gasteiger partial charge in [0.2, 0.25) is 10.0 Å². The molecule has 1 saturated carbocycles. The van der Waals surface area contributed by atoms with Crippen molar-refractivity contribution in [3.05, 3.63) is 58.1 Å². The van der Waals surface area contributed by atoms with Gasteiger partial charge in [0.25, 0.3) is 5.91 Å². The highest BCUT2D eigenvalue weighted by Crippen LogP contribution is 2.48. The molecule has 2 aromatic carbocycles. The van der Waals surface area contributed by atoms with E-state index in [1.165, 1.54) is 5.56 Å². The molecule has 2 bridgehead atoms. The molecule has 1 N–H and O–H groups in total. The van der Waals surface area contributed by atoms with Crippen LogP contribution in [0.25, 0.3) is 0 Å². The predicted octanol–water partition coefficient (Wildman–Crippen LogP) is 6.15. The second-order valence-corrected chi connectivity index (χ2v) is 18.8. The van der Waals surface area contributed by atoms with E-state index in [0.717, 1.165) is 127 Å². The van der Waals surface area contributed by atoms with Gasteiger partial charge in [-0.05, 0) is 118 Å².